The summed E-state index contributed by atoms with van der Waals surface area (Å²) < 4.78 is 0.962. The van der Waals surface area contributed by atoms with Crippen LogP contribution in [0.3, 0.4) is 0 Å². The highest BCUT2D eigenvalue weighted by Crippen LogP contribution is 2.32. The van der Waals surface area contributed by atoms with Crippen LogP contribution in [0.1, 0.15) is 36.1 Å². The third-order valence-electron chi connectivity index (χ3n) is 5.90. The molecule has 2 aromatic carbocycles. The first-order valence-electron chi connectivity index (χ1n) is 11.1. The lowest BCUT2D eigenvalue weighted by molar-refractivity contribution is -0.120. The van der Waals surface area contributed by atoms with Crippen LogP contribution in [-0.2, 0) is 17.8 Å². The number of carbonyl (C=O) groups excluding carboxylic acids is 1. The molecule has 7 N–H and O–H groups in total. The molecule has 8 nitrogen and oxygen atoms in total. The molecule has 1 aromatic heterocycles. The minimum absolute atomic E-state index is 0.0127. The van der Waals surface area contributed by atoms with Gasteiger partial charge in [0, 0.05) is 29.4 Å². The predicted octanol–water partition coefficient (Wildman–Crippen LogP) is 3.22. The van der Waals surface area contributed by atoms with Crippen LogP contribution in [0.15, 0.2) is 59.6 Å². The van der Waals surface area contributed by atoms with Crippen molar-refractivity contribution >= 4 is 29.0 Å². The highest BCUT2D eigenvalue weighted by molar-refractivity contribution is 6.33. The maximum atomic E-state index is 12.9. The van der Waals surface area contributed by atoms with E-state index < -0.39 is 0 Å². The molecule has 1 amide bonds. The Hall–Kier alpha value is -3.78. The second-order valence-electron chi connectivity index (χ2n) is 8.39. The van der Waals surface area contributed by atoms with E-state index in [1.165, 1.54) is 0 Å². The number of aromatic nitrogens is 1. The van der Waals surface area contributed by atoms with E-state index in [1.54, 1.807) is 48.5 Å². The van der Waals surface area contributed by atoms with Crippen molar-refractivity contribution in [3.8, 4) is 11.1 Å². The van der Waals surface area contributed by atoms with Gasteiger partial charge >= 0.3 is 0 Å². The van der Waals surface area contributed by atoms with E-state index in [2.05, 4.69) is 10.3 Å². The molecule has 1 fully saturated rings. The lowest BCUT2D eigenvalue weighted by atomic mass is 9.94. The second kappa shape index (κ2) is 10.0. The van der Waals surface area contributed by atoms with Crippen LogP contribution in [0.2, 0.25) is 5.02 Å². The van der Waals surface area contributed by atoms with Crippen LogP contribution < -0.4 is 22.3 Å². The fourth-order valence-electron chi connectivity index (χ4n) is 3.80. The van der Waals surface area contributed by atoms with Gasteiger partial charge in [-0.25, -0.2) is 0 Å². The fourth-order valence-corrected chi connectivity index (χ4v) is 4.12. The molecule has 3 aromatic rings. The zero-order valence-electron chi connectivity index (χ0n) is 18.6. The minimum Gasteiger partial charge on any atom is -0.427 e. The molecule has 0 saturated heterocycles. The number of hydrogen-bond donors (Lipinski definition) is 5. The summed E-state index contributed by atoms with van der Waals surface area (Å²) in [6, 6.07) is 16.0. The largest absolute Gasteiger partial charge is 0.427 e. The first-order chi connectivity index (χ1) is 16.3. The maximum Gasteiger partial charge on any atom is 0.226 e. The summed E-state index contributed by atoms with van der Waals surface area (Å²) in [6.07, 6.45) is 2.93. The quantitative estimate of drug-likeness (QED) is 0.154. The van der Waals surface area contributed by atoms with Gasteiger partial charge in [-0.3, -0.25) is 15.2 Å². The van der Waals surface area contributed by atoms with E-state index in [1.807, 2.05) is 6.07 Å². The summed E-state index contributed by atoms with van der Waals surface area (Å²) in [4.78, 5) is 17.5. The van der Waals surface area contributed by atoms with Gasteiger partial charge in [-0.1, -0.05) is 48.0 Å². The van der Waals surface area contributed by atoms with Crippen molar-refractivity contribution in [2.75, 3.05) is 5.73 Å². The third kappa shape index (κ3) is 5.23. The van der Waals surface area contributed by atoms with Crippen LogP contribution in [0.4, 0.5) is 5.69 Å². The lowest BCUT2D eigenvalue weighted by Crippen LogP contribution is -2.31. The molecule has 0 aliphatic heterocycles. The molecule has 0 atom stereocenters. The number of rotatable bonds is 7. The average Bonchev–Trinajstić information content (AvgIpc) is 2.78. The van der Waals surface area contributed by atoms with Gasteiger partial charge in [-0.15, -0.1) is 0 Å². The van der Waals surface area contributed by atoms with Crippen LogP contribution in [0, 0.1) is 5.41 Å². The molecular weight excluding hydrogens is 452 g/mol. The van der Waals surface area contributed by atoms with Gasteiger partial charge in [0.25, 0.3) is 0 Å². The number of halogens is 1. The molecule has 1 aliphatic carbocycles. The van der Waals surface area contributed by atoms with Gasteiger partial charge in [0.05, 0.1) is 23.2 Å². The van der Waals surface area contributed by atoms with Gasteiger partial charge in [0.15, 0.2) is 5.49 Å². The SMILES string of the molecule is N=C(N)c1ccc(CNC(=O)Cc2c(-c3cccc(N)c3)c(Cl)cc(=NC3CCC3)n2O)cc1. The molecule has 34 heavy (non-hydrogen) atoms. The van der Waals surface area contributed by atoms with Crippen LogP contribution in [-0.4, -0.2) is 27.7 Å². The Morgan fingerprint density at radius 3 is 2.56 bits per heavy atom. The number of carbonyl (C=O) groups is 1. The van der Waals surface area contributed by atoms with E-state index in [0.29, 0.717) is 38.6 Å². The number of nitrogen functional groups attached to an aromatic ring is 2. The number of pyridine rings is 1. The summed E-state index contributed by atoms with van der Waals surface area (Å²) in [5, 5.41) is 21.8. The van der Waals surface area contributed by atoms with Crippen LogP contribution in [0.5, 0.6) is 0 Å². The highest BCUT2D eigenvalue weighted by atomic mass is 35.5. The first-order valence-corrected chi connectivity index (χ1v) is 11.4. The summed E-state index contributed by atoms with van der Waals surface area (Å²) in [5.41, 5.74) is 15.4. The molecule has 176 valence electrons. The van der Waals surface area contributed by atoms with Gasteiger partial charge in [-0.05, 0) is 42.5 Å². The number of amides is 1. The number of anilines is 1. The third-order valence-corrected chi connectivity index (χ3v) is 6.20. The average molecular weight is 479 g/mol. The number of benzene rings is 2. The standard InChI is InChI=1S/C25H27ClN6O2/c26-20-12-22(31-19-5-2-6-19)32(34)21(24(20)17-3-1-4-18(27)11-17)13-23(33)30-14-15-7-9-16(10-8-15)25(28)29/h1,3-4,7-12,19,34H,2,5-6,13-14,27H2,(H3,28,29)(H,30,33). The van der Waals surface area contributed by atoms with E-state index in [9.17, 15) is 10.0 Å². The van der Waals surface area contributed by atoms with Gasteiger partial charge < -0.3 is 22.0 Å². The molecular formula is C25H27ClN6O2. The van der Waals surface area contributed by atoms with Crippen molar-refractivity contribution in [2.24, 2.45) is 10.7 Å². The predicted molar refractivity (Wildman–Crippen MR) is 133 cm³/mol. The van der Waals surface area contributed by atoms with Crippen molar-refractivity contribution in [1.82, 2.24) is 10.0 Å². The molecule has 4 rings (SSSR count). The molecule has 1 heterocycles. The Morgan fingerprint density at radius 2 is 1.94 bits per heavy atom. The van der Waals surface area contributed by atoms with Crippen molar-refractivity contribution < 1.29 is 10.0 Å². The summed E-state index contributed by atoms with van der Waals surface area (Å²) in [6.45, 7) is 0.288. The fraction of sp³-hybridized carbons (Fsp3) is 0.240. The topological polar surface area (TPSA) is 143 Å². The molecule has 0 bridgehead atoms. The highest BCUT2D eigenvalue weighted by Gasteiger charge is 2.21. The number of hydrogen-bond acceptors (Lipinski definition) is 5. The maximum absolute atomic E-state index is 12.9. The Morgan fingerprint density at radius 1 is 1.21 bits per heavy atom. The van der Waals surface area contributed by atoms with Gasteiger partial charge in [-0.2, -0.15) is 4.73 Å². The minimum atomic E-state index is -0.291. The molecule has 0 spiro atoms. The Balaban J connectivity index is 1.63. The van der Waals surface area contributed by atoms with Crippen molar-refractivity contribution in [3.63, 3.8) is 0 Å². The zero-order chi connectivity index (χ0) is 24.2. The smallest absolute Gasteiger partial charge is 0.226 e. The summed E-state index contributed by atoms with van der Waals surface area (Å²) in [7, 11) is 0. The van der Waals surface area contributed by atoms with Crippen LogP contribution in [0.25, 0.3) is 11.1 Å². The Kier molecular flexibility index (Phi) is 6.88. The van der Waals surface area contributed by atoms with E-state index in [4.69, 9.17) is 28.5 Å². The number of amidine groups is 1. The normalized spacial score (nSPS) is 14.0. The number of nitrogens with two attached hydrogens (primary N) is 2. The Labute approximate surface area is 202 Å². The molecule has 9 heteroatoms. The van der Waals surface area contributed by atoms with E-state index in [-0.39, 0.29) is 30.8 Å². The van der Waals surface area contributed by atoms with Crippen molar-refractivity contribution in [1.29, 1.82) is 5.41 Å². The van der Waals surface area contributed by atoms with Gasteiger partial charge in [0.1, 0.15) is 5.84 Å². The monoisotopic (exact) mass is 478 g/mol. The lowest BCUT2D eigenvalue weighted by Gasteiger charge is -2.22. The summed E-state index contributed by atoms with van der Waals surface area (Å²) >= 11 is 6.65. The molecule has 1 saturated carbocycles. The van der Waals surface area contributed by atoms with E-state index in [0.717, 1.165) is 29.6 Å². The van der Waals surface area contributed by atoms with Crippen molar-refractivity contribution in [3.05, 3.63) is 81.9 Å². The van der Waals surface area contributed by atoms with Crippen LogP contribution >= 0.6 is 11.6 Å². The number of nitrogens with one attached hydrogen (secondary N) is 2. The Bertz CT molecular complexity index is 1300. The molecule has 0 unspecified atom stereocenters. The zero-order valence-corrected chi connectivity index (χ0v) is 19.3. The van der Waals surface area contributed by atoms with Crippen molar-refractivity contribution in [2.45, 2.75) is 38.3 Å². The van der Waals surface area contributed by atoms with Gasteiger partial charge in [0.2, 0.25) is 5.91 Å². The number of nitrogens with zero attached hydrogens (tertiary/aromatic N) is 2. The first kappa shape index (κ1) is 23.4. The van der Waals surface area contributed by atoms with E-state index >= 15 is 0 Å². The molecule has 1 aliphatic rings. The molecule has 0 radical (unpaired) electrons. The summed E-state index contributed by atoms with van der Waals surface area (Å²) in [5.74, 6) is -0.304. The second-order valence-corrected chi connectivity index (χ2v) is 8.79.